The van der Waals surface area contributed by atoms with Gasteiger partial charge in [0.2, 0.25) is 0 Å². The molecular formula is C15H25N3. The molecule has 1 heterocycles. The lowest BCUT2D eigenvalue weighted by Gasteiger charge is -2.33. The number of nitrogens with one attached hydrogen (secondary N) is 2. The first kappa shape index (κ1) is 12.1. The highest BCUT2D eigenvalue weighted by atomic mass is 15.2. The lowest BCUT2D eigenvalue weighted by molar-refractivity contribution is 0.254. The maximum atomic E-state index is 4.50. The first-order valence-electron chi connectivity index (χ1n) is 7.32. The summed E-state index contributed by atoms with van der Waals surface area (Å²) in [6, 6.07) is 0. The molecule has 0 amide bonds. The molecule has 0 aliphatic heterocycles. The molecule has 0 aromatic carbocycles. The Hall–Kier alpha value is -0.990. The number of aromatic amines is 1. The van der Waals surface area contributed by atoms with E-state index in [1.807, 2.05) is 0 Å². The van der Waals surface area contributed by atoms with E-state index in [1.54, 1.807) is 0 Å². The van der Waals surface area contributed by atoms with Crippen molar-refractivity contribution in [3.8, 4) is 0 Å². The van der Waals surface area contributed by atoms with Gasteiger partial charge in [0.15, 0.2) is 5.82 Å². The largest absolute Gasteiger partial charge is 0.364 e. The Bertz CT molecular complexity index is 433. The number of rotatable bonds is 1. The van der Waals surface area contributed by atoms with Crippen molar-refractivity contribution in [2.75, 3.05) is 5.32 Å². The van der Waals surface area contributed by atoms with Crippen LogP contribution in [0.4, 0.5) is 5.82 Å². The van der Waals surface area contributed by atoms with Crippen LogP contribution in [0.5, 0.6) is 0 Å². The third-order valence-electron chi connectivity index (χ3n) is 4.57. The highest BCUT2D eigenvalue weighted by Gasteiger charge is 2.39. The Kier molecular flexibility index (Phi) is 2.68. The molecule has 3 rings (SSSR count). The van der Waals surface area contributed by atoms with E-state index in [0.29, 0.717) is 5.41 Å². The topological polar surface area (TPSA) is 40.7 Å². The number of aromatic nitrogens is 2. The zero-order valence-corrected chi connectivity index (χ0v) is 11.9. The molecule has 100 valence electrons. The molecule has 2 N–H and O–H groups in total. The average molecular weight is 247 g/mol. The summed E-state index contributed by atoms with van der Waals surface area (Å²) >= 11 is 0. The van der Waals surface area contributed by atoms with E-state index in [2.05, 4.69) is 36.3 Å². The SMILES string of the molecule is CC(C)(C)Nc1n[nH]c2c1CC1(CCCC1)CC2. The van der Waals surface area contributed by atoms with Crippen molar-refractivity contribution in [3.05, 3.63) is 11.3 Å². The number of H-pyrrole nitrogens is 1. The summed E-state index contributed by atoms with van der Waals surface area (Å²) in [5.74, 6) is 1.10. The van der Waals surface area contributed by atoms with Crippen molar-refractivity contribution >= 4 is 5.82 Å². The minimum atomic E-state index is 0.0866. The maximum Gasteiger partial charge on any atom is 0.151 e. The molecule has 1 aromatic heterocycles. The third kappa shape index (κ3) is 2.15. The molecule has 3 heteroatoms. The molecule has 1 spiro atoms. The Balaban J connectivity index is 1.86. The monoisotopic (exact) mass is 247 g/mol. The molecular weight excluding hydrogens is 222 g/mol. The summed E-state index contributed by atoms with van der Waals surface area (Å²) in [7, 11) is 0. The summed E-state index contributed by atoms with van der Waals surface area (Å²) in [5, 5.41) is 11.3. The predicted octanol–water partition coefficient (Wildman–Crippen LogP) is 3.67. The quantitative estimate of drug-likeness (QED) is 0.795. The highest BCUT2D eigenvalue weighted by Crippen LogP contribution is 2.48. The predicted molar refractivity (Wildman–Crippen MR) is 74.9 cm³/mol. The molecule has 0 atom stereocenters. The van der Waals surface area contributed by atoms with E-state index < -0.39 is 0 Å². The van der Waals surface area contributed by atoms with Crippen molar-refractivity contribution in [3.63, 3.8) is 0 Å². The van der Waals surface area contributed by atoms with E-state index in [-0.39, 0.29) is 5.54 Å². The van der Waals surface area contributed by atoms with Crippen LogP contribution in [-0.4, -0.2) is 15.7 Å². The van der Waals surface area contributed by atoms with Crippen LogP contribution in [0.25, 0.3) is 0 Å². The fourth-order valence-electron chi connectivity index (χ4n) is 3.66. The summed E-state index contributed by atoms with van der Waals surface area (Å²) in [6.07, 6.45) is 9.48. The van der Waals surface area contributed by atoms with Gasteiger partial charge in [-0.05, 0) is 58.3 Å². The second-order valence-corrected chi connectivity index (χ2v) is 7.29. The lowest BCUT2D eigenvalue weighted by atomic mass is 9.72. The summed E-state index contributed by atoms with van der Waals surface area (Å²) < 4.78 is 0. The molecule has 1 aromatic rings. The van der Waals surface area contributed by atoms with Gasteiger partial charge in [-0.15, -0.1) is 0 Å². The molecule has 1 saturated carbocycles. The van der Waals surface area contributed by atoms with Crippen molar-refractivity contribution in [2.45, 2.75) is 71.3 Å². The van der Waals surface area contributed by atoms with Gasteiger partial charge in [0.1, 0.15) is 0 Å². The molecule has 2 aliphatic rings. The number of nitrogens with zero attached hydrogens (tertiary/aromatic N) is 1. The van der Waals surface area contributed by atoms with Crippen molar-refractivity contribution in [1.82, 2.24) is 10.2 Å². The Labute approximate surface area is 110 Å². The number of hydrogen-bond acceptors (Lipinski definition) is 2. The zero-order chi connectivity index (χ0) is 12.8. The van der Waals surface area contributed by atoms with Crippen LogP contribution in [0.2, 0.25) is 0 Å². The first-order valence-corrected chi connectivity index (χ1v) is 7.32. The summed E-state index contributed by atoms with van der Waals surface area (Å²) in [5.41, 5.74) is 3.53. The van der Waals surface area contributed by atoms with Crippen LogP contribution >= 0.6 is 0 Å². The van der Waals surface area contributed by atoms with Crippen molar-refractivity contribution in [1.29, 1.82) is 0 Å². The smallest absolute Gasteiger partial charge is 0.151 e. The maximum absolute atomic E-state index is 4.50. The molecule has 0 bridgehead atoms. The minimum absolute atomic E-state index is 0.0866. The fourth-order valence-corrected chi connectivity index (χ4v) is 3.66. The van der Waals surface area contributed by atoms with Crippen LogP contribution < -0.4 is 5.32 Å². The van der Waals surface area contributed by atoms with Gasteiger partial charge >= 0.3 is 0 Å². The molecule has 0 saturated heterocycles. The number of aryl methyl sites for hydroxylation is 1. The molecule has 18 heavy (non-hydrogen) atoms. The third-order valence-corrected chi connectivity index (χ3v) is 4.57. The van der Waals surface area contributed by atoms with Gasteiger partial charge in [-0.25, -0.2) is 0 Å². The molecule has 3 nitrogen and oxygen atoms in total. The van der Waals surface area contributed by atoms with Crippen LogP contribution in [0.3, 0.4) is 0 Å². The average Bonchev–Trinajstić information content (AvgIpc) is 2.86. The summed E-state index contributed by atoms with van der Waals surface area (Å²) in [4.78, 5) is 0. The van der Waals surface area contributed by atoms with E-state index in [9.17, 15) is 0 Å². The van der Waals surface area contributed by atoms with Crippen LogP contribution in [0, 0.1) is 5.41 Å². The number of anilines is 1. The Morgan fingerprint density at radius 2 is 1.89 bits per heavy atom. The molecule has 1 fully saturated rings. The first-order chi connectivity index (χ1) is 8.48. The Morgan fingerprint density at radius 3 is 2.56 bits per heavy atom. The lowest BCUT2D eigenvalue weighted by Crippen LogP contribution is -2.29. The van der Waals surface area contributed by atoms with E-state index in [0.717, 1.165) is 5.82 Å². The second kappa shape index (κ2) is 4.01. The van der Waals surface area contributed by atoms with Gasteiger partial charge in [-0.1, -0.05) is 12.8 Å². The van der Waals surface area contributed by atoms with Crippen molar-refractivity contribution in [2.24, 2.45) is 5.41 Å². The van der Waals surface area contributed by atoms with E-state index >= 15 is 0 Å². The van der Waals surface area contributed by atoms with Gasteiger partial charge in [-0.2, -0.15) is 5.10 Å². The van der Waals surface area contributed by atoms with Crippen molar-refractivity contribution < 1.29 is 0 Å². The van der Waals surface area contributed by atoms with Crippen LogP contribution in [0.15, 0.2) is 0 Å². The Morgan fingerprint density at radius 1 is 1.17 bits per heavy atom. The van der Waals surface area contributed by atoms with E-state index in [1.165, 1.54) is 56.2 Å². The summed E-state index contributed by atoms with van der Waals surface area (Å²) in [6.45, 7) is 6.59. The van der Waals surface area contributed by atoms with Gasteiger partial charge in [0, 0.05) is 16.8 Å². The highest BCUT2D eigenvalue weighted by molar-refractivity contribution is 5.50. The minimum Gasteiger partial charge on any atom is -0.364 e. The number of fused-ring (bicyclic) bond motifs is 1. The van der Waals surface area contributed by atoms with E-state index in [4.69, 9.17) is 0 Å². The standard InChI is InChI=1S/C15H25N3/c1-14(2,3)16-13-11-10-15(7-4-5-8-15)9-6-12(11)17-18-13/h4-10H2,1-3H3,(H2,16,17,18). The normalized spacial score (nSPS) is 22.2. The van der Waals surface area contributed by atoms with Gasteiger partial charge in [-0.3, -0.25) is 5.10 Å². The zero-order valence-electron chi connectivity index (χ0n) is 11.9. The second-order valence-electron chi connectivity index (χ2n) is 7.29. The van der Waals surface area contributed by atoms with Crippen LogP contribution in [0.1, 0.15) is 64.1 Å². The molecule has 0 radical (unpaired) electrons. The molecule has 0 unspecified atom stereocenters. The fraction of sp³-hybridized carbons (Fsp3) is 0.800. The molecule has 2 aliphatic carbocycles. The van der Waals surface area contributed by atoms with Gasteiger partial charge in [0.25, 0.3) is 0 Å². The number of hydrogen-bond donors (Lipinski definition) is 2. The van der Waals surface area contributed by atoms with Gasteiger partial charge < -0.3 is 5.32 Å². The van der Waals surface area contributed by atoms with Gasteiger partial charge in [0.05, 0.1) is 0 Å². The van der Waals surface area contributed by atoms with Crippen LogP contribution in [-0.2, 0) is 12.8 Å².